The van der Waals surface area contributed by atoms with Crippen molar-refractivity contribution in [1.29, 1.82) is 0 Å². The van der Waals surface area contributed by atoms with Gasteiger partial charge in [0.25, 0.3) is 0 Å². The summed E-state index contributed by atoms with van der Waals surface area (Å²) >= 11 is 0. The van der Waals surface area contributed by atoms with Crippen molar-refractivity contribution in [2.24, 2.45) is 7.05 Å². The minimum Gasteiger partial charge on any atom is -0.342 e. The zero-order chi connectivity index (χ0) is 22.0. The number of nitrogens with zero attached hydrogens (tertiary/aromatic N) is 4. The average Bonchev–Trinajstić information content (AvgIpc) is 3.53. The minimum atomic E-state index is 0.366. The lowest BCUT2D eigenvalue weighted by Gasteiger charge is -2.11. The van der Waals surface area contributed by atoms with E-state index in [1.807, 2.05) is 25.6 Å². The largest absolute Gasteiger partial charge is 0.342 e. The summed E-state index contributed by atoms with van der Waals surface area (Å²) in [6.07, 6.45) is 5.71. The predicted molar refractivity (Wildman–Crippen MR) is 130 cm³/mol. The normalized spacial score (nSPS) is 12.0. The zero-order valence-electron chi connectivity index (χ0n) is 18.6. The highest BCUT2D eigenvalue weighted by atomic mass is 15.0. The third kappa shape index (κ3) is 2.76. The maximum atomic E-state index is 4.78. The molecule has 2 N–H and O–H groups in total. The van der Waals surface area contributed by atoms with Crippen molar-refractivity contribution in [2.75, 3.05) is 0 Å². The highest BCUT2D eigenvalue weighted by molar-refractivity contribution is 6.24. The van der Waals surface area contributed by atoms with Gasteiger partial charge >= 0.3 is 0 Å². The molecule has 6 nitrogen and oxygen atoms in total. The number of imidazole rings is 3. The van der Waals surface area contributed by atoms with Gasteiger partial charge in [-0.15, -0.1) is 0 Å². The van der Waals surface area contributed by atoms with Gasteiger partial charge in [0.05, 0.1) is 41.1 Å². The highest BCUT2D eigenvalue weighted by Crippen LogP contribution is 2.38. The second-order valence-corrected chi connectivity index (χ2v) is 8.79. The first-order valence-corrected chi connectivity index (χ1v) is 10.9. The van der Waals surface area contributed by atoms with Crippen LogP contribution < -0.4 is 0 Å². The fourth-order valence-corrected chi connectivity index (χ4v) is 4.57. The Bertz CT molecular complexity index is 1630. The van der Waals surface area contributed by atoms with Gasteiger partial charge in [0.1, 0.15) is 11.6 Å². The van der Waals surface area contributed by atoms with E-state index < -0.39 is 0 Å². The second kappa shape index (κ2) is 6.79. The predicted octanol–water partition coefficient (Wildman–Crippen LogP) is 6.09. The van der Waals surface area contributed by atoms with Gasteiger partial charge in [-0.05, 0) is 29.8 Å². The Balaban J connectivity index is 1.63. The van der Waals surface area contributed by atoms with E-state index in [1.165, 1.54) is 16.2 Å². The molecular weight excluding hydrogens is 396 g/mol. The molecule has 6 heteroatoms. The topological polar surface area (TPSA) is 75.2 Å². The lowest BCUT2D eigenvalue weighted by atomic mass is 9.95. The summed E-state index contributed by atoms with van der Waals surface area (Å²) in [5.41, 5.74) is 6.44. The van der Waals surface area contributed by atoms with Crippen LogP contribution in [0.15, 0.2) is 55.1 Å². The van der Waals surface area contributed by atoms with E-state index in [2.05, 4.69) is 81.8 Å². The molecule has 0 atom stereocenters. The summed E-state index contributed by atoms with van der Waals surface area (Å²) < 4.78 is 2.11. The van der Waals surface area contributed by atoms with Crippen LogP contribution in [0.4, 0.5) is 0 Å². The third-order valence-electron chi connectivity index (χ3n) is 6.24. The first-order valence-electron chi connectivity index (χ1n) is 10.9. The fraction of sp³-hybridized carbons (Fsp3) is 0.192. The number of aromatic amines is 2. The van der Waals surface area contributed by atoms with Gasteiger partial charge in [0.15, 0.2) is 0 Å². The van der Waals surface area contributed by atoms with Gasteiger partial charge in [-0.25, -0.2) is 15.0 Å². The quantitative estimate of drug-likeness (QED) is 0.340. The number of aryl methyl sites for hydroxylation is 2. The molecule has 3 aromatic heterocycles. The fourth-order valence-electron chi connectivity index (χ4n) is 4.57. The molecule has 0 fully saturated rings. The van der Waals surface area contributed by atoms with E-state index >= 15 is 0 Å². The summed E-state index contributed by atoms with van der Waals surface area (Å²) in [6, 6.07) is 13.2. The number of aromatic nitrogens is 6. The third-order valence-corrected chi connectivity index (χ3v) is 6.24. The van der Waals surface area contributed by atoms with E-state index in [9.17, 15) is 0 Å². The summed E-state index contributed by atoms with van der Waals surface area (Å²) in [5.74, 6) is 2.28. The van der Waals surface area contributed by atoms with Gasteiger partial charge < -0.3 is 14.5 Å². The number of rotatable bonds is 3. The molecule has 6 aromatic rings. The smallest absolute Gasteiger partial charge is 0.109 e. The maximum absolute atomic E-state index is 4.78. The van der Waals surface area contributed by atoms with Crippen LogP contribution >= 0.6 is 0 Å². The molecule has 0 bridgehead atoms. The molecule has 0 unspecified atom stereocenters. The highest BCUT2D eigenvalue weighted by Gasteiger charge is 2.15. The molecule has 0 saturated heterocycles. The molecule has 0 radical (unpaired) electrons. The van der Waals surface area contributed by atoms with Crippen molar-refractivity contribution < 1.29 is 0 Å². The van der Waals surface area contributed by atoms with E-state index in [0.29, 0.717) is 5.92 Å². The number of H-pyrrole nitrogens is 2. The maximum Gasteiger partial charge on any atom is 0.109 e. The van der Waals surface area contributed by atoms with Crippen LogP contribution in [0, 0.1) is 6.92 Å². The monoisotopic (exact) mass is 420 g/mol. The van der Waals surface area contributed by atoms with Gasteiger partial charge in [0, 0.05) is 34.9 Å². The van der Waals surface area contributed by atoms with Crippen LogP contribution in [-0.2, 0) is 7.05 Å². The molecular formula is C26H24N6. The van der Waals surface area contributed by atoms with E-state index in [4.69, 9.17) is 4.98 Å². The Morgan fingerprint density at radius 1 is 0.781 bits per heavy atom. The summed E-state index contributed by atoms with van der Waals surface area (Å²) in [4.78, 5) is 20.5. The van der Waals surface area contributed by atoms with Crippen molar-refractivity contribution in [3.8, 4) is 22.5 Å². The van der Waals surface area contributed by atoms with E-state index in [1.54, 1.807) is 0 Å². The Kier molecular flexibility index (Phi) is 3.99. The molecule has 3 aromatic carbocycles. The summed E-state index contributed by atoms with van der Waals surface area (Å²) in [5, 5.41) is 4.76. The Morgan fingerprint density at radius 2 is 1.44 bits per heavy atom. The van der Waals surface area contributed by atoms with Crippen molar-refractivity contribution >= 4 is 32.6 Å². The lowest BCUT2D eigenvalue weighted by Crippen LogP contribution is -1.91. The van der Waals surface area contributed by atoms with Crippen LogP contribution in [0.25, 0.3) is 55.1 Å². The summed E-state index contributed by atoms with van der Waals surface area (Å²) in [7, 11) is 2.06. The molecule has 3 heterocycles. The average molecular weight is 421 g/mol. The lowest BCUT2D eigenvalue weighted by molar-refractivity contribution is 0.795. The van der Waals surface area contributed by atoms with E-state index in [-0.39, 0.29) is 0 Å². The number of hydrogen-bond acceptors (Lipinski definition) is 3. The molecule has 0 aliphatic carbocycles. The van der Waals surface area contributed by atoms with Crippen LogP contribution in [0.1, 0.15) is 31.4 Å². The van der Waals surface area contributed by atoms with E-state index in [0.717, 1.165) is 50.6 Å². The Morgan fingerprint density at radius 3 is 2.09 bits per heavy atom. The van der Waals surface area contributed by atoms with Gasteiger partial charge in [-0.2, -0.15) is 0 Å². The Hall–Kier alpha value is -3.93. The Labute approximate surface area is 185 Å². The molecule has 0 saturated carbocycles. The minimum absolute atomic E-state index is 0.366. The van der Waals surface area contributed by atoms with Crippen LogP contribution in [0.2, 0.25) is 0 Å². The van der Waals surface area contributed by atoms with Gasteiger partial charge in [-0.3, -0.25) is 0 Å². The van der Waals surface area contributed by atoms with Crippen molar-refractivity contribution in [3.63, 3.8) is 0 Å². The van der Waals surface area contributed by atoms with Gasteiger partial charge in [0.2, 0.25) is 0 Å². The molecule has 32 heavy (non-hydrogen) atoms. The van der Waals surface area contributed by atoms with Crippen molar-refractivity contribution in [2.45, 2.75) is 26.7 Å². The molecule has 0 aliphatic rings. The zero-order valence-corrected chi connectivity index (χ0v) is 18.6. The molecule has 0 amide bonds. The standard InChI is InChI=1S/C26H24N6/c1-14(2)26-28-12-23(31-26)17-6-8-19-18-7-5-16(22-11-27-15(3)30-22)9-20(18)24-25(21(19)10-17)32(4)13-29-24/h5-14H,1-4H3,(H,27,30)(H,28,31). The van der Waals surface area contributed by atoms with Crippen LogP contribution in [0.5, 0.6) is 0 Å². The van der Waals surface area contributed by atoms with Gasteiger partial charge in [-0.1, -0.05) is 38.1 Å². The number of hydrogen-bond donors (Lipinski definition) is 2. The molecule has 6 rings (SSSR count). The first kappa shape index (κ1) is 18.8. The molecule has 158 valence electrons. The number of nitrogens with one attached hydrogen (secondary N) is 2. The SMILES string of the molecule is Cc1ncc(-c2ccc3c4ccc(-c5cnc(C(C)C)[nH]5)cc4c4c(ncn4C)c3c2)[nH]1. The van der Waals surface area contributed by atoms with Crippen LogP contribution in [-0.4, -0.2) is 29.5 Å². The first-order chi connectivity index (χ1) is 15.5. The number of fused-ring (bicyclic) bond motifs is 6. The van der Waals surface area contributed by atoms with Crippen molar-refractivity contribution in [3.05, 3.63) is 66.8 Å². The number of benzene rings is 3. The second-order valence-electron chi connectivity index (χ2n) is 8.79. The molecule has 0 spiro atoms. The molecule has 0 aliphatic heterocycles. The van der Waals surface area contributed by atoms with Crippen molar-refractivity contribution in [1.82, 2.24) is 29.5 Å². The van der Waals surface area contributed by atoms with Crippen LogP contribution in [0.3, 0.4) is 0 Å². The summed E-state index contributed by atoms with van der Waals surface area (Å²) in [6.45, 7) is 6.26.